The van der Waals surface area contributed by atoms with E-state index in [1.165, 1.54) is 0 Å². The van der Waals surface area contributed by atoms with Gasteiger partial charge in [-0.2, -0.15) is 5.26 Å². The first-order valence-electron chi connectivity index (χ1n) is 7.31. The van der Waals surface area contributed by atoms with E-state index in [1.807, 2.05) is 54.3 Å². The summed E-state index contributed by atoms with van der Waals surface area (Å²) in [6, 6.07) is 16.3. The van der Waals surface area contributed by atoms with E-state index in [2.05, 4.69) is 6.07 Å². The molecule has 3 heteroatoms. The maximum atomic E-state index is 12.6. The van der Waals surface area contributed by atoms with Crippen LogP contribution in [0.25, 0.3) is 10.8 Å². The van der Waals surface area contributed by atoms with Crippen LogP contribution in [0.5, 0.6) is 0 Å². The van der Waals surface area contributed by atoms with E-state index in [1.54, 1.807) is 0 Å². The molecule has 2 aromatic rings. The Kier molecular flexibility index (Phi) is 3.39. The van der Waals surface area contributed by atoms with Crippen molar-refractivity contribution in [1.82, 2.24) is 4.90 Å². The van der Waals surface area contributed by atoms with Crippen LogP contribution in [-0.4, -0.2) is 23.9 Å². The van der Waals surface area contributed by atoms with Gasteiger partial charge in [0.05, 0.1) is 11.5 Å². The second kappa shape index (κ2) is 5.21. The second-order valence-corrected chi connectivity index (χ2v) is 6.03. The van der Waals surface area contributed by atoms with Gasteiger partial charge in [-0.1, -0.05) is 30.3 Å². The molecule has 1 heterocycles. The summed E-state index contributed by atoms with van der Waals surface area (Å²) < 4.78 is 0. The topological polar surface area (TPSA) is 44.1 Å². The number of nitriles is 1. The van der Waals surface area contributed by atoms with Crippen molar-refractivity contribution >= 4 is 16.7 Å². The molecule has 0 bridgehead atoms. The van der Waals surface area contributed by atoms with Gasteiger partial charge in [0.15, 0.2) is 0 Å². The lowest BCUT2D eigenvalue weighted by Crippen LogP contribution is -2.41. The Morgan fingerprint density at radius 3 is 2.48 bits per heavy atom. The average molecular weight is 278 g/mol. The minimum absolute atomic E-state index is 0.0701. The minimum Gasteiger partial charge on any atom is -0.339 e. The first kappa shape index (κ1) is 13.6. The molecule has 0 atom stereocenters. The highest BCUT2D eigenvalue weighted by atomic mass is 16.2. The largest absolute Gasteiger partial charge is 0.339 e. The molecule has 0 aliphatic carbocycles. The number of hydrogen-bond donors (Lipinski definition) is 0. The van der Waals surface area contributed by atoms with Gasteiger partial charge in [0.1, 0.15) is 0 Å². The van der Waals surface area contributed by atoms with Crippen LogP contribution < -0.4 is 0 Å². The minimum atomic E-state index is -0.278. The third-order valence-corrected chi connectivity index (χ3v) is 4.42. The summed E-state index contributed by atoms with van der Waals surface area (Å²) in [5.41, 5.74) is 0.453. The number of fused-ring (bicyclic) bond motifs is 1. The van der Waals surface area contributed by atoms with Crippen molar-refractivity contribution in [3.05, 3.63) is 48.0 Å². The molecule has 0 radical (unpaired) electrons. The molecule has 106 valence electrons. The van der Waals surface area contributed by atoms with Gasteiger partial charge in [0.2, 0.25) is 0 Å². The highest BCUT2D eigenvalue weighted by molar-refractivity contribution is 5.98. The number of hydrogen-bond acceptors (Lipinski definition) is 2. The van der Waals surface area contributed by atoms with Crippen molar-refractivity contribution in [3.63, 3.8) is 0 Å². The normalized spacial score (nSPS) is 17.4. The molecular weight excluding hydrogens is 260 g/mol. The van der Waals surface area contributed by atoms with E-state index in [0.717, 1.165) is 29.2 Å². The van der Waals surface area contributed by atoms with Crippen LogP contribution in [0.1, 0.15) is 30.1 Å². The van der Waals surface area contributed by atoms with Gasteiger partial charge in [0, 0.05) is 18.7 Å². The van der Waals surface area contributed by atoms with Crippen molar-refractivity contribution in [3.8, 4) is 6.07 Å². The fraction of sp³-hybridized carbons (Fsp3) is 0.333. The number of likely N-dealkylation sites (tertiary alicyclic amines) is 1. The molecule has 0 saturated carbocycles. The molecule has 1 fully saturated rings. The molecule has 3 nitrogen and oxygen atoms in total. The Hall–Kier alpha value is -2.34. The highest BCUT2D eigenvalue weighted by Crippen LogP contribution is 2.30. The van der Waals surface area contributed by atoms with Crippen LogP contribution >= 0.6 is 0 Å². The zero-order chi connectivity index (χ0) is 14.9. The zero-order valence-electron chi connectivity index (χ0n) is 12.2. The summed E-state index contributed by atoms with van der Waals surface area (Å²) in [6.07, 6.45) is 1.51. The Labute approximate surface area is 124 Å². The molecule has 0 N–H and O–H groups in total. The first-order valence-corrected chi connectivity index (χ1v) is 7.31. The standard InChI is InChI=1S/C18H18N2O/c1-18(13-19)8-10-20(11-9-18)17(21)16-7-6-14-4-2-3-5-15(14)12-16/h2-7,12H,8-11H2,1H3. The van der Waals surface area contributed by atoms with Crippen LogP contribution in [-0.2, 0) is 0 Å². The monoisotopic (exact) mass is 278 g/mol. The predicted molar refractivity (Wildman–Crippen MR) is 82.8 cm³/mol. The molecule has 1 aliphatic heterocycles. The van der Waals surface area contributed by atoms with Crippen molar-refractivity contribution < 1.29 is 4.79 Å². The summed E-state index contributed by atoms with van der Waals surface area (Å²) in [6.45, 7) is 3.30. The quantitative estimate of drug-likeness (QED) is 0.800. The zero-order valence-corrected chi connectivity index (χ0v) is 12.2. The number of benzene rings is 2. The summed E-state index contributed by atoms with van der Waals surface area (Å²) >= 11 is 0. The second-order valence-electron chi connectivity index (χ2n) is 6.03. The maximum absolute atomic E-state index is 12.6. The number of amides is 1. The highest BCUT2D eigenvalue weighted by Gasteiger charge is 2.32. The van der Waals surface area contributed by atoms with Crippen molar-refractivity contribution in [2.75, 3.05) is 13.1 Å². The molecule has 0 aromatic heterocycles. The van der Waals surface area contributed by atoms with E-state index in [-0.39, 0.29) is 11.3 Å². The lowest BCUT2D eigenvalue weighted by molar-refractivity contribution is 0.0662. The number of rotatable bonds is 1. The summed E-state index contributed by atoms with van der Waals surface area (Å²) in [5, 5.41) is 11.4. The van der Waals surface area contributed by atoms with Crippen LogP contribution in [0.15, 0.2) is 42.5 Å². The molecule has 0 unspecified atom stereocenters. The van der Waals surface area contributed by atoms with Crippen LogP contribution in [0.3, 0.4) is 0 Å². The molecule has 0 spiro atoms. The summed E-state index contributed by atoms with van der Waals surface area (Å²) in [4.78, 5) is 14.5. The van der Waals surface area contributed by atoms with Gasteiger partial charge >= 0.3 is 0 Å². The van der Waals surface area contributed by atoms with Gasteiger partial charge in [-0.25, -0.2) is 0 Å². The Morgan fingerprint density at radius 1 is 1.14 bits per heavy atom. The van der Waals surface area contributed by atoms with Gasteiger partial charge < -0.3 is 4.90 Å². The van der Waals surface area contributed by atoms with Gasteiger partial charge in [0.25, 0.3) is 5.91 Å². The van der Waals surface area contributed by atoms with Crippen LogP contribution in [0.2, 0.25) is 0 Å². The fourth-order valence-corrected chi connectivity index (χ4v) is 2.82. The van der Waals surface area contributed by atoms with Gasteiger partial charge in [-0.15, -0.1) is 0 Å². The van der Waals surface area contributed by atoms with E-state index in [0.29, 0.717) is 13.1 Å². The molecule has 1 aliphatic rings. The predicted octanol–water partition coefficient (Wildman–Crippen LogP) is 3.61. The van der Waals surface area contributed by atoms with E-state index in [9.17, 15) is 4.79 Å². The SMILES string of the molecule is CC1(C#N)CCN(C(=O)c2ccc3ccccc3c2)CC1. The van der Waals surface area contributed by atoms with Crippen molar-refractivity contribution in [1.29, 1.82) is 5.26 Å². The first-order chi connectivity index (χ1) is 10.1. The Bertz CT molecular complexity index is 721. The summed E-state index contributed by atoms with van der Waals surface area (Å²) in [7, 11) is 0. The van der Waals surface area contributed by atoms with Gasteiger partial charge in [-0.3, -0.25) is 4.79 Å². The third-order valence-electron chi connectivity index (χ3n) is 4.42. The van der Waals surface area contributed by atoms with E-state index in [4.69, 9.17) is 5.26 Å². The number of carbonyl (C=O) groups excluding carboxylic acids is 1. The fourth-order valence-electron chi connectivity index (χ4n) is 2.82. The lowest BCUT2D eigenvalue weighted by Gasteiger charge is -2.35. The molecule has 2 aromatic carbocycles. The van der Waals surface area contributed by atoms with Gasteiger partial charge in [-0.05, 0) is 42.7 Å². The number of piperidine rings is 1. The Morgan fingerprint density at radius 2 is 1.81 bits per heavy atom. The van der Waals surface area contributed by atoms with E-state index >= 15 is 0 Å². The molecule has 21 heavy (non-hydrogen) atoms. The van der Waals surface area contributed by atoms with Crippen LogP contribution in [0, 0.1) is 16.7 Å². The maximum Gasteiger partial charge on any atom is 0.253 e. The van der Waals surface area contributed by atoms with E-state index < -0.39 is 0 Å². The van der Waals surface area contributed by atoms with Crippen LogP contribution in [0.4, 0.5) is 0 Å². The number of carbonyl (C=O) groups is 1. The smallest absolute Gasteiger partial charge is 0.253 e. The average Bonchev–Trinajstić information content (AvgIpc) is 2.54. The number of nitrogens with zero attached hydrogens (tertiary/aromatic N) is 2. The Balaban J connectivity index is 1.80. The molecule has 1 saturated heterocycles. The van der Waals surface area contributed by atoms with Crippen molar-refractivity contribution in [2.45, 2.75) is 19.8 Å². The summed E-state index contributed by atoms with van der Waals surface area (Å²) in [5.74, 6) is 0.0701. The molecular formula is C18H18N2O. The van der Waals surface area contributed by atoms with Crippen molar-refractivity contribution in [2.24, 2.45) is 5.41 Å². The third kappa shape index (κ3) is 2.62. The lowest BCUT2D eigenvalue weighted by atomic mass is 9.82. The molecule has 1 amide bonds. The molecule has 3 rings (SSSR count).